The summed E-state index contributed by atoms with van der Waals surface area (Å²) in [6.07, 6.45) is 6.51. The van der Waals surface area contributed by atoms with Gasteiger partial charge in [0.05, 0.1) is 11.0 Å². The maximum Gasteiger partial charge on any atom is 0.274 e. The van der Waals surface area contributed by atoms with Gasteiger partial charge in [-0.25, -0.2) is 4.39 Å². The molecule has 0 bridgehead atoms. The van der Waals surface area contributed by atoms with E-state index in [4.69, 9.17) is 0 Å². The van der Waals surface area contributed by atoms with E-state index in [1.165, 1.54) is 12.1 Å². The van der Waals surface area contributed by atoms with Crippen molar-refractivity contribution in [1.29, 1.82) is 0 Å². The Balaban J connectivity index is 1.76. The van der Waals surface area contributed by atoms with Crippen LogP contribution in [0.15, 0.2) is 30.4 Å². The molecule has 1 fully saturated rings. The molecule has 18 heavy (non-hydrogen) atoms. The number of non-ortho nitro benzene ring substituents is 1. The third-order valence-corrected chi connectivity index (χ3v) is 3.81. The van der Waals surface area contributed by atoms with Crippen LogP contribution in [0.1, 0.15) is 12.8 Å². The van der Waals surface area contributed by atoms with E-state index in [0.29, 0.717) is 17.5 Å². The van der Waals surface area contributed by atoms with Crippen LogP contribution in [0, 0.1) is 27.8 Å². The zero-order valence-electron chi connectivity index (χ0n) is 9.67. The summed E-state index contributed by atoms with van der Waals surface area (Å²) in [6, 6.07) is 3.90. The van der Waals surface area contributed by atoms with Crippen LogP contribution in [0.3, 0.4) is 0 Å². The lowest BCUT2D eigenvalue weighted by molar-refractivity contribution is -0.385. The highest BCUT2D eigenvalue weighted by atomic mass is 19.1. The van der Waals surface area contributed by atoms with E-state index in [9.17, 15) is 14.5 Å². The molecule has 3 atom stereocenters. The van der Waals surface area contributed by atoms with E-state index in [-0.39, 0.29) is 11.7 Å². The van der Waals surface area contributed by atoms with Crippen molar-refractivity contribution in [1.82, 2.24) is 0 Å². The second kappa shape index (κ2) is 4.08. The first-order valence-corrected chi connectivity index (χ1v) is 6.01. The number of nitro groups is 1. The smallest absolute Gasteiger partial charge is 0.274 e. The van der Waals surface area contributed by atoms with E-state index in [0.717, 1.165) is 18.9 Å². The molecule has 4 nitrogen and oxygen atoms in total. The van der Waals surface area contributed by atoms with Crippen LogP contribution in [-0.2, 0) is 0 Å². The van der Waals surface area contributed by atoms with Crippen LogP contribution in [0.4, 0.5) is 15.8 Å². The van der Waals surface area contributed by atoms with Gasteiger partial charge >= 0.3 is 0 Å². The van der Waals surface area contributed by atoms with Crippen molar-refractivity contribution in [2.45, 2.75) is 18.9 Å². The summed E-state index contributed by atoms with van der Waals surface area (Å²) in [7, 11) is 0. The SMILES string of the molecule is O=[N+]([O-])c1cc(F)cc(NC2CC3CC=CC32)c1. The second-order valence-corrected chi connectivity index (χ2v) is 4.94. The fourth-order valence-electron chi connectivity index (χ4n) is 2.86. The normalized spacial score (nSPS) is 28.6. The quantitative estimate of drug-likeness (QED) is 0.508. The second-order valence-electron chi connectivity index (χ2n) is 4.94. The van der Waals surface area contributed by atoms with Gasteiger partial charge in [-0.05, 0) is 24.8 Å². The molecule has 0 amide bonds. The Morgan fingerprint density at radius 3 is 2.94 bits per heavy atom. The molecular weight excluding hydrogens is 235 g/mol. The molecule has 2 aliphatic carbocycles. The van der Waals surface area contributed by atoms with Gasteiger partial charge in [-0.1, -0.05) is 12.2 Å². The first-order valence-electron chi connectivity index (χ1n) is 6.01. The summed E-state index contributed by atoms with van der Waals surface area (Å²) < 4.78 is 13.3. The Morgan fingerprint density at radius 2 is 2.22 bits per heavy atom. The number of rotatable bonds is 3. The predicted octanol–water partition coefficient (Wildman–Crippen LogP) is 3.11. The number of nitrogens with one attached hydrogen (secondary N) is 1. The van der Waals surface area contributed by atoms with Gasteiger partial charge < -0.3 is 5.32 Å². The van der Waals surface area contributed by atoms with Gasteiger partial charge in [-0.3, -0.25) is 10.1 Å². The molecule has 5 heteroatoms. The van der Waals surface area contributed by atoms with Gasteiger partial charge in [0.1, 0.15) is 5.82 Å². The highest BCUT2D eigenvalue weighted by molar-refractivity contribution is 5.52. The molecule has 0 heterocycles. The summed E-state index contributed by atoms with van der Waals surface area (Å²) in [5, 5.41) is 13.8. The highest BCUT2D eigenvalue weighted by Crippen LogP contribution is 2.44. The van der Waals surface area contributed by atoms with Crippen molar-refractivity contribution in [3.05, 3.63) is 46.3 Å². The lowest BCUT2D eigenvalue weighted by Gasteiger charge is -2.41. The van der Waals surface area contributed by atoms with Gasteiger partial charge in [-0.15, -0.1) is 0 Å². The summed E-state index contributed by atoms with van der Waals surface area (Å²) in [5.74, 6) is 0.614. The highest BCUT2D eigenvalue weighted by Gasteiger charge is 2.40. The number of anilines is 1. The van der Waals surface area contributed by atoms with Crippen molar-refractivity contribution < 1.29 is 9.31 Å². The molecular formula is C13H13FN2O2. The van der Waals surface area contributed by atoms with Gasteiger partial charge in [0.25, 0.3) is 5.69 Å². The molecule has 3 rings (SSSR count). The average Bonchev–Trinajstić information content (AvgIpc) is 2.67. The fraction of sp³-hybridized carbons (Fsp3) is 0.385. The minimum atomic E-state index is -0.579. The van der Waals surface area contributed by atoms with Crippen LogP contribution in [0.2, 0.25) is 0 Å². The number of nitrogens with zero attached hydrogens (tertiary/aromatic N) is 1. The molecule has 1 saturated carbocycles. The summed E-state index contributed by atoms with van der Waals surface area (Å²) in [6.45, 7) is 0. The van der Waals surface area contributed by atoms with Crippen LogP contribution in [-0.4, -0.2) is 11.0 Å². The average molecular weight is 248 g/mol. The van der Waals surface area contributed by atoms with Crippen LogP contribution < -0.4 is 5.32 Å². The van der Waals surface area contributed by atoms with Gasteiger partial charge in [0, 0.05) is 23.7 Å². The van der Waals surface area contributed by atoms with E-state index < -0.39 is 10.7 Å². The maximum absolute atomic E-state index is 13.3. The molecule has 1 N–H and O–H groups in total. The van der Waals surface area contributed by atoms with Crippen molar-refractivity contribution in [2.24, 2.45) is 11.8 Å². The summed E-state index contributed by atoms with van der Waals surface area (Å²) in [5.41, 5.74) is 0.279. The zero-order chi connectivity index (χ0) is 12.7. The number of benzene rings is 1. The van der Waals surface area contributed by atoms with Crippen LogP contribution >= 0.6 is 0 Å². The molecule has 1 aromatic carbocycles. The monoisotopic (exact) mass is 248 g/mol. The molecule has 1 aromatic rings. The molecule has 0 aliphatic heterocycles. The van der Waals surface area contributed by atoms with Crippen LogP contribution in [0.5, 0.6) is 0 Å². The third-order valence-electron chi connectivity index (χ3n) is 3.81. The number of hydrogen-bond donors (Lipinski definition) is 1. The summed E-state index contributed by atoms with van der Waals surface area (Å²) >= 11 is 0. The molecule has 0 spiro atoms. The molecule has 94 valence electrons. The van der Waals surface area contributed by atoms with Gasteiger partial charge in [0.2, 0.25) is 0 Å². The number of hydrogen-bond acceptors (Lipinski definition) is 3. The topological polar surface area (TPSA) is 55.2 Å². The Bertz CT molecular complexity index is 530. The number of fused-ring (bicyclic) bond motifs is 1. The lowest BCUT2D eigenvalue weighted by atomic mass is 9.71. The summed E-state index contributed by atoms with van der Waals surface area (Å²) in [4.78, 5) is 10.1. The van der Waals surface area contributed by atoms with Crippen molar-refractivity contribution in [3.63, 3.8) is 0 Å². The van der Waals surface area contributed by atoms with Crippen molar-refractivity contribution in [2.75, 3.05) is 5.32 Å². The maximum atomic E-state index is 13.3. The molecule has 0 aromatic heterocycles. The van der Waals surface area contributed by atoms with Crippen LogP contribution in [0.25, 0.3) is 0 Å². The minimum absolute atomic E-state index is 0.213. The largest absolute Gasteiger partial charge is 0.381 e. The fourth-order valence-corrected chi connectivity index (χ4v) is 2.86. The van der Waals surface area contributed by atoms with E-state index in [2.05, 4.69) is 17.5 Å². The van der Waals surface area contributed by atoms with Crippen molar-refractivity contribution >= 4 is 11.4 Å². The molecule has 3 unspecified atom stereocenters. The minimum Gasteiger partial charge on any atom is -0.381 e. The molecule has 0 saturated heterocycles. The Kier molecular flexibility index (Phi) is 2.54. The van der Waals surface area contributed by atoms with Gasteiger partial charge in [-0.2, -0.15) is 0 Å². The third kappa shape index (κ3) is 1.85. The Morgan fingerprint density at radius 1 is 1.39 bits per heavy atom. The lowest BCUT2D eigenvalue weighted by Crippen LogP contribution is -2.43. The Labute approximate surface area is 104 Å². The first kappa shape index (κ1) is 11.2. The van der Waals surface area contributed by atoms with Crippen molar-refractivity contribution in [3.8, 4) is 0 Å². The zero-order valence-corrected chi connectivity index (χ0v) is 9.67. The number of halogens is 1. The standard InChI is InChI=1S/C13H13FN2O2/c14-9-5-10(7-11(6-9)16(17)18)15-13-4-8-2-1-3-12(8)13/h1,3,5-8,12-13,15H,2,4H2. The first-order chi connectivity index (χ1) is 8.63. The predicted molar refractivity (Wildman–Crippen MR) is 65.8 cm³/mol. The molecule has 2 aliphatic rings. The van der Waals surface area contributed by atoms with E-state index >= 15 is 0 Å². The van der Waals surface area contributed by atoms with E-state index in [1.807, 2.05) is 0 Å². The van der Waals surface area contributed by atoms with Gasteiger partial charge in [0.15, 0.2) is 0 Å². The Hall–Kier alpha value is -1.91. The molecule has 0 radical (unpaired) electrons. The number of allylic oxidation sites excluding steroid dienone is 1. The van der Waals surface area contributed by atoms with E-state index in [1.54, 1.807) is 0 Å². The number of nitro benzene ring substituents is 1.